The van der Waals surface area contributed by atoms with Crippen molar-refractivity contribution in [2.75, 3.05) is 18.5 Å². The van der Waals surface area contributed by atoms with Crippen molar-refractivity contribution in [3.63, 3.8) is 0 Å². The molecule has 2 rings (SSSR count). The van der Waals surface area contributed by atoms with Gasteiger partial charge < -0.3 is 14.8 Å². The molecule has 24 heavy (non-hydrogen) atoms. The Morgan fingerprint density at radius 2 is 1.71 bits per heavy atom. The second-order valence-electron chi connectivity index (χ2n) is 5.16. The van der Waals surface area contributed by atoms with Gasteiger partial charge in [-0.05, 0) is 50.1 Å². The van der Waals surface area contributed by atoms with Gasteiger partial charge in [-0.15, -0.1) is 0 Å². The van der Waals surface area contributed by atoms with Gasteiger partial charge in [-0.3, -0.25) is 4.79 Å². The minimum atomic E-state index is -0.245. The van der Waals surface area contributed by atoms with Crippen molar-refractivity contribution < 1.29 is 14.3 Å². The normalized spacial score (nSPS) is 10.3. The Hall–Kier alpha value is -2.20. The summed E-state index contributed by atoms with van der Waals surface area (Å²) in [5.74, 6) is 0.688. The van der Waals surface area contributed by atoms with Crippen LogP contribution in [0.5, 0.6) is 11.5 Å². The van der Waals surface area contributed by atoms with Gasteiger partial charge in [0, 0.05) is 11.3 Å². The minimum Gasteiger partial charge on any atom is -0.490 e. The van der Waals surface area contributed by atoms with Crippen molar-refractivity contribution in [3.8, 4) is 11.5 Å². The van der Waals surface area contributed by atoms with Crippen molar-refractivity contribution >= 4 is 23.2 Å². The summed E-state index contributed by atoms with van der Waals surface area (Å²) in [6, 6.07) is 11.0. The Kier molecular flexibility index (Phi) is 6.50. The molecule has 2 aromatic rings. The molecule has 4 nitrogen and oxygen atoms in total. The highest BCUT2D eigenvalue weighted by Gasteiger charge is 2.16. The topological polar surface area (TPSA) is 47.6 Å². The molecule has 5 heteroatoms. The number of amides is 1. The van der Waals surface area contributed by atoms with E-state index in [0.29, 0.717) is 35.3 Å². The third-order valence-electron chi connectivity index (χ3n) is 3.48. The first-order valence-corrected chi connectivity index (χ1v) is 8.46. The summed E-state index contributed by atoms with van der Waals surface area (Å²) >= 11 is 6.25. The van der Waals surface area contributed by atoms with Crippen LogP contribution in [0.15, 0.2) is 36.4 Å². The van der Waals surface area contributed by atoms with Gasteiger partial charge in [0.15, 0.2) is 11.5 Å². The highest BCUT2D eigenvalue weighted by molar-refractivity contribution is 6.32. The van der Waals surface area contributed by atoms with E-state index in [2.05, 4.69) is 12.2 Å². The lowest BCUT2D eigenvalue weighted by molar-refractivity contribution is 0.102. The number of nitrogens with one attached hydrogen (secondary N) is 1. The number of ether oxygens (including phenoxy) is 2. The zero-order valence-corrected chi connectivity index (χ0v) is 14.9. The summed E-state index contributed by atoms with van der Waals surface area (Å²) in [5, 5.41) is 3.22. The van der Waals surface area contributed by atoms with Crippen molar-refractivity contribution in [2.24, 2.45) is 0 Å². The number of anilines is 1. The summed E-state index contributed by atoms with van der Waals surface area (Å²) in [6.45, 7) is 6.75. The SMILES string of the molecule is CCOc1cc(C(=O)Nc2ccc(CC)cc2)cc(Cl)c1OCC. The highest BCUT2D eigenvalue weighted by Crippen LogP contribution is 2.36. The van der Waals surface area contributed by atoms with E-state index in [1.807, 2.05) is 38.1 Å². The Morgan fingerprint density at radius 1 is 1.04 bits per heavy atom. The predicted octanol–water partition coefficient (Wildman–Crippen LogP) is 4.95. The molecule has 0 saturated carbocycles. The average molecular weight is 348 g/mol. The minimum absolute atomic E-state index is 0.245. The monoisotopic (exact) mass is 347 g/mol. The van der Waals surface area contributed by atoms with Gasteiger partial charge in [0.05, 0.1) is 18.2 Å². The first kappa shape index (κ1) is 18.1. The molecule has 0 bridgehead atoms. The summed E-state index contributed by atoms with van der Waals surface area (Å²) in [5.41, 5.74) is 2.38. The predicted molar refractivity (Wildman–Crippen MR) is 97.6 cm³/mol. The molecule has 2 aromatic carbocycles. The molecule has 0 heterocycles. The Labute approximate surface area is 147 Å². The summed E-state index contributed by atoms with van der Waals surface area (Å²) in [4.78, 5) is 12.5. The van der Waals surface area contributed by atoms with E-state index in [1.54, 1.807) is 12.1 Å². The van der Waals surface area contributed by atoms with Crippen LogP contribution in [-0.4, -0.2) is 19.1 Å². The van der Waals surface area contributed by atoms with E-state index in [1.165, 1.54) is 5.56 Å². The van der Waals surface area contributed by atoms with E-state index in [9.17, 15) is 4.79 Å². The molecular weight excluding hydrogens is 326 g/mol. The molecule has 0 radical (unpaired) electrons. The van der Waals surface area contributed by atoms with Gasteiger partial charge in [0.1, 0.15) is 0 Å². The van der Waals surface area contributed by atoms with Gasteiger partial charge in [-0.1, -0.05) is 30.7 Å². The van der Waals surface area contributed by atoms with Crippen LogP contribution >= 0.6 is 11.6 Å². The van der Waals surface area contributed by atoms with Gasteiger partial charge >= 0.3 is 0 Å². The fraction of sp³-hybridized carbons (Fsp3) is 0.316. The number of carbonyl (C=O) groups excluding carboxylic acids is 1. The molecule has 1 N–H and O–H groups in total. The molecule has 0 aromatic heterocycles. The highest BCUT2D eigenvalue weighted by atomic mass is 35.5. The maximum Gasteiger partial charge on any atom is 0.255 e. The molecular formula is C19H22ClNO3. The van der Waals surface area contributed by atoms with Crippen LogP contribution in [0.4, 0.5) is 5.69 Å². The third-order valence-corrected chi connectivity index (χ3v) is 3.76. The van der Waals surface area contributed by atoms with Crippen molar-refractivity contribution in [3.05, 3.63) is 52.5 Å². The van der Waals surface area contributed by atoms with E-state index in [-0.39, 0.29) is 5.91 Å². The van der Waals surface area contributed by atoms with Gasteiger partial charge in [-0.2, -0.15) is 0 Å². The fourth-order valence-corrected chi connectivity index (χ4v) is 2.54. The fourth-order valence-electron chi connectivity index (χ4n) is 2.27. The number of hydrogen-bond donors (Lipinski definition) is 1. The zero-order valence-electron chi connectivity index (χ0n) is 14.2. The molecule has 0 aliphatic carbocycles. The molecule has 0 saturated heterocycles. The second kappa shape index (κ2) is 8.60. The van der Waals surface area contributed by atoms with Crippen LogP contribution in [0.25, 0.3) is 0 Å². The van der Waals surface area contributed by atoms with Crippen LogP contribution in [-0.2, 0) is 6.42 Å². The molecule has 0 aliphatic heterocycles. The van der Waals surface area contributed by atoms with Crippen LogP contribution in [0.2, 0.25) is 5.02 Å². The van der Waals surface area contributed by atoms with Gasteiger partial charge in [-0.25, -0.2) is 0 Å². The summed E-state index contributed by atoms with van der Waals surface area (Å²) in [6.07, 6.45) is 0.959. The molecule has 128 valence electrons. The number of carbonyl (C=O) groups is 1. The molecule has 0 atom stereocenters. The quantitative estimate of drug-likeness (QED) is 0.770. The summed E-state index contributed by atoms with van der Waals surface area (Å²) < 4.78 is 11.1. The maximum atomic E-state index is 12.5. The lowest BCUT2D eigenvalue weighted by Crippen LogP contribution is -2.12. The lowest BCUT2D eigenvalue weighted by Gasteiger charge is -2.14. The molecule has 0 spiro atoms. The van der Waals surface area contributed by atoms with Crippen molar-refractivity contribution in [2.45, 2.75) is 27.2 Å². The number of aryl methyl sites for hydroxylation is 1. The van der Waals surface area contributed by atoms with Gasteiger partial charge in [0.25, 0.3) is 5.91 Å². The average Bonchev–Trinajstić information content (AvgIpc) is 2.58. The van der Waals surface area contributed by atoms with E-state index >= 15 is 0 Å². The van der Waals surface area contributed by atoms with Crippen LogP contribution < -0.4 is 14.8 Å². The first-order chi connectivity index (χ1) is 11.6. The third kappa shape index (κ3) is 4.42. The maximum absolute atomic E-state index is 12.5. The smallest absolute Gasteiger partial charge is 0.255 e. The number of hydrogen-bond acceptors (Lipinski definition) is 3. The number of halogens is 1. The molecule has 0 aliphatic rings. The van der Waals surface area contributed by atoms with E-state index in [0.717, 1.165) is 12.1 Å². The second-order valence-corrected chi connectivity index (χ2v) is 5.56. The van der Waals surface area contributed by atoms with E-state index < -0.39 is 0 Å². The zero-order chi connectivity index (χ0) is 17.5. The standard InChI is InChI=1S/C19H22ClNO3/c1-4-13-7-9-15(10-8-13)21-19(22)14-11-16(20)18(24-6-3)17(12-14)23-5-2/h7-12H,4-6H2,1-3H3,(H,21,22). The van der Waals surface area contributed by atoms with Crippen LogP contribution in [0.3, 0.4) is 0 Å². The largest absolute Gasteiger partial charge is 0.490 e. The number of rotatable bonds is 7. The van der Waals surface area contributed by atoms with Gasteiger partial charge in [0.2, 0.25) is 0 Å². The first-order valence-electron chi connectivity index (χ1n) is 8.08. The Morgan fingerprint density at radius 3 is 2.29 bits per heavy atom. The summed E-state index contributed by atoms with van der Waals surface area (Å²) in [7, 11) is 0. The van der Waals surface area contributed by atoms with Crippen LogP contribution in [0, 0.1) is 0 Å². The van der Waals surface area contributed by atoms with Crippen molar-refractivity contribution in [1.82, 2.24) is 0 Å². The van der Waals surface area contributed by atoms with Crippen LogP contribution in [0.1, 0.15) is 36.7 Å². The Bertz CT molecular complexity index is 699. The molecule has 0 fully saturated rings. The van der Waals surface area contributed by atoms with Crippen molar-refractivity contribution in [1.29, 1.82) is 0 Å². The molecule has 1 amide bonds. The lowest BCUT2D eigenvalue weighted by atomic mass is 10.1. The van der Waals surface area contributed by atoms with E-state index in [4.69, 9.17) is 21.1 Å². The number of benzene rings is 2. The molecule has 0 unspecified atom stereocenters. The Balaban J connectivity index is 2.24.